The molecule has 161 valence electrons. The molecule has 1 radical (unpaired) electrons. The number of nitrogens with zero attached hydrogens (tertiary/aromatic N) is 1. The molecule has 0 saturated carbocycles. The molecule has 5 nitrogen and oxygen atoms in total. The van der Waals surface area contributed by atoms with Gasteiger partial charge in [0.25, 0.3) is 0 Å². The van der Waals surface area contributed by atoms with Crippen LogP contribution in [0.3, 0.4) is 0 Å². The van der Waals surface area contributed by atoms with Gasteiger partial charge in [0, 0.05) is 32.9 Å². The minimum Gasteiger partial charge on any atom is -0.480 e. The maximum atomic E-state index is 11.0. The number of fused-ring (bicyclic) bond motifs is 1. The molecule has 0 aliphatic heterocycles. The van der Waals surface area contributed by atoms with Gasteiger partial charge in [0.1, 0.15) is 15.9 Å². The third-order valence-corrected chi connectivity index (χ3v) is 2.84. The number of rotatable bonds is 3. The van der Waals surface area contributed by atoms with Crippen LogP contribution in [0, 0.1) is 13.6 Å². The molecular weight excluding hydrogens is 803 g/mol. The number of sulfone groups is 1. The van der Waals surface area contributed by atoms with Crippen LogP contribution in [-0.2, 0) is 41.5 Å². The standard InChI is InChI=1S/C13H14NO2.C2H6O2S.2C2H6.CH3.Re.Rf/c1-3-10-8-14(9(2)13(15)16)12-7-5-4-6-11(10)12;1-5(2,3)4;2*1-2;;;/h4-7,9H,3H2,1-2H3,(H,15,16);1-2H3;2*1-2H3;1H3;;/q-1;;;;-1;;. The van der Waals surface area contributed by atoms with Crippen molar-refractivity contribution in [3.8, 4) is 0 Å². The third kappa shape index (κ3) is 13.1. The zero-order chi connectivity index (χ0) is 20.2. The molecule has 1 aromatic carbocycles. The third-order valence-electron chi connectivity index (χ3n) is 2.84. The summed E-state index contributed by atoms with van der Waals surface area (Å²) in [5.74, 6) is -0.834. The maximum Gasteiger partial charge on any atom is 0.324 e. The van der Waals surface area contributed by atoms with E-state index in [4.69, 9.17) is 5.11 Å². The zero-order valence-corrected chi connectivity index (χ0v) is 28.6. The Labute approximate surface area is 179 Å². The van der Waals surface area contributed by atoms with Crippen molar-refractivity contribution in [2.75, 3.05) is 12.5 Å². The summed E-state index contributed by atoms with van der Waals surface area (Å²) in [5, 5.41) is 10.1. The van der Waals surface area contributed by atoms with Gasteiger partial charge in [-0.3, -0.25) is 4.79 Å². The van der Waals surface area contributed by atoms with E-state index in [1.807, 2.05) is 58.9 Å². The van der Waals surface area contributed by atoms with Crippen LogP contribution in [0.1, 0.15) is 53.1 Å². The molecule has 0 bridgehead atoms. The van der Waals surface area contributed by atoms with E-state index in [-0.39, 0.29) is 27.8 Å². The van der Waals surface area contributed by atoms with Gasteiger partial charge in [0.2, 0.25) is 0 Å². The number of carbonyl (C=O) groups is 1. The van der Waals surface area contributed by atoms with Gasteiger partial charge in [-0.15, -0.1) is 29.4 Å². The van der Waals surface area contributed by atoms with Crippen LogP contribution >= 0.6 is 0 Å². The van der Waals surface area contributed by atoms with Crippen LogP contribution in [-0.4, -0.2) is 36.6 Å². The van der Waals surface area contributed by atoms with Crippen molar-refractivity contribution < 1.29 is 38.7 Å². The van der Waals surface area contributed by atoms with Gasteiger partial charge < -0.3 is 17.1 Å². The van der Waals surface area contributed by atoms with E-state index in [0.29, 0.717) is 0 Å². The number of hydrogen-bond donors (Lipinski definition) is 1. The van der Waals surface area contributed by atoms with Crippen LogP contribution in [0.25, 0.3) is 10.9 Å². The Bertz CT molecular complexity index is 738. The van der Waals surface area contributed by atoms with E-state index in [2.05, 4.69) is 6.20 Å². The van der Waals surface area contributed by atoms with E-state index in [1.165, 1.54) is 0 Å². The molecule has 0 spiro atoms. The van der Waals surface area contributed by atoms with Crippen molar-refractivity contribution in [3.05, 3.63) is 43.5 Å². The molecule has 0 fully saturated rings. The Kier molecular flexibility index (Phi) is 23.9. The molecule has 0 amide bonds. The molecule has 1 unspecified atom stereocenters. The molecule has 0 aliphatic rings. The van der Waals surface area contributed by atoms with E-state index < -0.39 is 21.8 Å². The number of aliphatic carboxylic acids is 1. The van der Waals surface area contributed by atoms with Crippen molar-refractivity contribution in [1.82, 2.24) is 4.57 Å². The summed E-state index contributed by atoms with van der Waals surface area (Å²) < 4.78 is 21.0. The zero-order valence-electron chi connectivity index (χ0n) is 18.7. The summed E-state index contributed by atoms with van der Waals surface area (Å²) in [5.41, 5.74) is 2.01. The van der Waals surface area contributed by atoms with E-state index in [1.54, 1.807) is 11.5 Å². The number of hydrogen-bond acceptors (Lipinski definition) is 3. The Morgan fingerprint density at radius 1 is 1.14 bits per heavy atom. The van der Waals surface area contributed by atoms with Crippen molar-refractivity contribution in [2.45, 2.75) is 54.0 Å². The van der Waals surface area contributed by atoms with Crippen LogP contribution in [0.5, 0.6) is 0 Å². The fraction of sp³-hybridized carbons (Fsp3) is 0.500. The second-order valence-corrected chi connectivity index (χ2v) is 7.27. The monoisotopic (exact) mass is 839 g/mol. The fourth-order valence-corrected chi connectivity index (χ4v) is 1.89. The summed E-state index contributed by atoms with van der Waals surface area (Å²) in [6, 6.07) is 7.25. The van der Waals surface area contributed by atoms with Crippen LogP contribution < -0.4 is 0 Å². The summed E-state index contributed by atoms with van der Waals surface area (Å²) >= 11 is 0. The van der Waals surface area contributed by atoms with E-state index in [0.717, 1.165) is 35.4 Å². The number of aryl methyl sites for hydroxylation is 1. The fourth-order valence-electron chi connectivity index (χ4n) is 1.89. The quantitative estimate of drug-likeness (QED) is 0.451. The van der Waals surface area contributed by atoms with Crippen molar-refractivity contribution in [2.24, 2.45) is 0 Å². The number of para-hydroxylation sites is 1. The Morgan fingerprint density at radius 2 is 1.54 bits per heavy atom. The van der Waals surface area contributed by atoms with Gasteiger partial charge in [-0.25, -0.2) is 8.42 Å². The average Bonchev–Trinajstić information content (AvgIpc) is 2.95. The average molecular weight is 839 g/mol. The second-order valence-electron chi connectivity index (χ2n) is 4.99. The van der Waals surface area contributed by atoms with Crippen molar-refractivity contribution in [1.29, 1.82) is 0 Å². The number of benzene rings is 1. The minimum absolute atomic E-state index is 0. The first-order chi connectivity index (χ1) is 11.6. The van der Waals surface area contributed by atoms with Gasteiger partial charge in [-0.05, 0) is 6.92 Å². The summed E-state index contributed by atoms with van der Waals surface area (Å²) in [6.07, 6.45) is 6.34. The first kappa shape index (κ1) is 36.7. The van der Waals surface area contributed by atoms with Gasteiger partial charge in [-0.1, -0.05) is 53.2 Å². The predicted molar refractivity (Wildman–Crippen MR) is 112 cm³/mol. The van der Waals surface area contributed by atoms with Gasteiger partial charge >= 0.3 is 5.97 Å². The normalized spacial score (nSPS) is 9.86. The molecule has 28 heavy (non-hydrogen) atoms. The molecule has 2 rings (SSSR count). The smallest absolute Gasteiger partial charge is 0.324 e. The molecule has 1 aromatic heterocycles. The van der Waals surface area contributed by atoms with E-state index in [9.17, 15) is 13.2 Å². The number of carboxylic acid groups (broad SMARTS) is 1. The van der Waals surface area contributed by atoms with Crippen LogP contribution in [0.2, 0.25) is 0 Å². The largest absolute Gasteiger partial charge is 0.480 e. The SMILES string of the molecule is CC.CC.CCc1[c-]n(C(C)C(=O)O)c2ccccc12.CS(C)(=O)=O.[CH3-].[Re].[Rf]. The number of aromatic nitrogens is 1. The van der Waals surface area contributed by atoms with Crippen LogP contribution in [0.15, 0.2) is 24.3 Å². The molecule has 1 N–H and O–H groups in total. The van der Waals surface area contributed by atoms with Crippen molar-refractivity contribution in [3.63, 3.8) is 0 Å². The first-order valence-electron chi connectivity index (χ1n) is 8.54. The molecule has 8 heteroatoms. The Balaban J connectivity index is -0.000000128. The van der Waals surface area contributed by atoms with E-state index >= 15 is 0 Å². The molecule has 2 aromatic rings. The minimum atomic E-state index is -2.67. The molecule has 0 aliphatic carbocycles. The maximum absolute atomic E-state index is 11.0. The molecule has 1 heterocycles. The molecular formula is C20H35NO4ReRfS-2. The van der Waals surface area contributed by atoms with Gasteiger partial charge in [-0.2, -0.15) is 5.39 Å². The summed E-state index contributed by atoms with van der Waals surface area (Å²) in [4.78, 5) is 11.0. The molecule has 1 atom stereocenters. The first-order valence-corrected chi connectivity index (χ1v) is 10.8. The predicted octanol–water partition coefficient (Wildman–Crippen LogP) is 4.81. The summed E-state index contributed by atoms with van der Waals surface area (Å²) in [7, 11) is -2.67. The topological polar surface area (TPSA) is 76.4 Å². The van der Waals surface area contributed by atoms with Crippen molar-refractivity contribution >= 4 is 26.7 Å². The van der Waals surface area contributed by atoms with Gasteiger partial charge in [0.15, 0.2) is 0 Å². The second kappa shape index (κ2) is 18.2. The number of carboxylic acids is 1. The molecule has 0 saturated heterocycles. The Morgan fingerprint density at radius 3 is 1.89 bits per heavy atom. The van der Waals surface area contributed by atoms with Crippen LogP contribution in [0.4, 0.5) is 0 Å². The Hall–Kier alpha value is -2.16. The van der Waals surface area contributed by atoms with Gasteiger partial charge in [0.05, 0.1) is 0 Å². The summed E-state index contributed by atoms with van der Waals surface area (Å²) in [6.45, 7) is 11.7.